The maximum atomic E-state index is 13.0. The third kappa shape index (κ3) is 6.81. The Hall–Kier alpha value is -3.42. The Balaban J connectivity index is 1.45. The number of halogens is 1. The number of amides is 2. The maximum absolute atomic E-state index is 13.0. The largest absolute Gasteiger partial charge is 0.339 e. The highest BCUT2D eigenvalue weighted by molar-refractivity contribution is 9.10. The molecule has 7 heteroatoms. The van der Waals surface area contributed by atoms with Crippen LogP contribution in [0.2, 0.25) is 0 Å². The van der Waals surface area contributed by atoms with Gasteiger partial charge in [0.25, 0.3) is 11.8 Å². The number of nitrogens with one attached hydrogen (secondary N) is 2. The van der Waals surface area contributed by atoms with Crippen LogP contribution in [0.25, 0.3) is 10.8 Å². The van der Waals surface area contributed by atoms with Crippen LogP contribution in [0.1, 0.15) is 21.5 Å². The molecule has 1 atom stereocenters. The van der Waals surface area contributed by atoms with Crippen molar-refractivity contribution in [2.24, 2.45) is 5.10 Å². The number of thioether (sulfide) groups is 1. The van der Waals surface area contributed by atoms with Crippen LogP contribution in [-0.4, -0.2) is 29.8 Å². The third-order valence-corrected chi connectivity index (χ3v) is 7.14. The second-order valence-electron chi connectivity index (χ2n) is 7.81. The van der Waals surface area contributed by atoms with Crippen molar-refractivity contribution in [1.29, 1.82) is 0 Å². The van der Waals surface area contributed by atoms with Crippen molar-refractivity contribution in [3.63, 3.8) is 0 Å². The molecule has 0 saturated carbocycles. The predicted octanol–water partition coefficient (Wildman–Crippen LogP) is 5.78. The Kier molecular flexibility index (Phi) is 8.70. The second-order valence-corrected chi connectivity index (χ2v) is 9.69. The summed E-state index contributed by atoms with van der Waals surface area (Å²) >= 11 is 4.98. The van der Waals surface area contributed by atoms with E-state index in [1.165, 1.54) is 0 Å². The summed E-state index contributed by atoms with van der Waals surface area (Å²) < 4.78 is 0.669. The molecule has 0 aliphatic carbocycles. The first-order valence-corrected chi connectivity index (χ1v) is 13.0. The fourth-order valence-corrected chi connectivity index (χ4v) is 5.02. The van der Waals surface area contributed by atoms with E-state index in [9.17, 15) is 9.59 Å². The van der Waals surface area contributed by atoms with Crippen LogP contribution >= 0.6 is 27.7 Å². The summed E-state index contributed by atoms with van der Waals surface area (Å²) in [6.07, 6.45) is 1.63. The number of fused-ring (bicyclic) bond motifs is 1. The fourth-order valence-electron chi connectivity index (χ4n) is 3.54. The molecule has 1 unspecified atom stereocenters. The lowest BCUT2D eigenvalue weighted by Crippen LogP contribution is -2.47. The first-order valence-electron chi connectivity index (χ1n) is 11.1. The van der Waals surface area contributed by atoms with Crippen LogP contribution < -0.4 is 10.7 Å². The minimum absolute atomic E-state index is 0.323. The van der Waals surface area contributed by atoms with E-state index in [2.05, 4.69) is 31.8 Å². The van der Waals surface area contributed by atoms with Crippen LogP contribution in [0.5, 0.6) is 0 Å². The van der Waals surface area contributed by atoms with E-state index in [0.29, 0.717) is 15.8 Å². The summed E-state index contributed by atoms with van der Waals surface area (Å²) in [6.45, 7) is 0. The molecule has 0 heterocycles. The minimum atomic E-state index is -0.756. The molecule has 0 fully saturated rings. The molecule has 4 aromatic rings. The average molecular weight is 546 g/mol. The summed E-state index contributed by atoms with van der Waals surface area (Å²) in [5, 5.41) is 9.19. The quantitative estimate of drug-likeness (QED) is 0.207. The normalized spacial score (nSPS) is 11.9. The highest BCUT2D eigenvalue weighted by Gasteiger charge is 2.22. The number of benzene rings is 4. The molecule has 0 aliphatic heterocycles. The predicted molar refractivity (Wildman–Crippen MR) is 148 cm³/mol. The molecule has 4 aromatic carbocycles. The van der Waals surface area contributed by atoms with E-state index in [1.54, 1.807) is 36.2 Å². The smallest absolute Gasteiger partial charge is 0.263 e. The molecule has 176 valence electrons. The van der Waals surface area contributed by atoms with Gasteiger partial charge in [-0.3, -0.25) is 9.59 Å². The van der Waals surface area contributed by atoms with Crippen LogP contribution in [-0.2, 0) is 10.5 Å². The van der Waals surface area contributed by atoms with E-state index in [0.717, 1.165) is 27.7 Å². The zero-order chi connectivity index (χ0) is 24.5. The molecule has 2 amide bonds. The summed E-state index contributed by atoms with van der Waals surface area (Å²) in [5.41, 5.74) is 5.13. The van der Waals surface area contributed by atoms with Crippen LogP contribution in [0, 0.1) is 0 Å². The molecule has 0 bridgehead atoms. The molecule has 0 aromatic heterocycles. The fraction of sp³-hybridized carbons (Fsp3) is 0.107. The average Bonchev–Trinajstić information content (AvgIpc) is 2.89. The Morgan fingerprint density at radius 2 is 1.60 bits per heavy atom. The van der Waals surface area contributed by atoms with Gasteiger partial charge in [-0.25, -0.2) is 5.43 Å². The van der Waals surface area contributed by atoms with Gasteiger partial charge in [0.15, 0.2) is 0 Å². The molecule has 2 N–H and O–H groups in total. The molecule has 35 heavy (non-hydrogen) atoms. The molecule has 0 saturated heterocycles. The van der Waals surface area contributed by atoms with E-state index < -0.39 is 6.04 Å². The van der Waals surface area contributed by atoms with Crippen LogP contribution in [0.3, 0.4) is 0 Å². The number of carbonyl (C=O) groups is 2. The standard InChI is InChI=1S/C28H24BrN3O2S/c29-25-16-7-6-15-24(25)27(33)31-26(19-35-18-20-9-2-1-3-10-20)28(34)32-30-17-22-13-8-12-21-11-4-5-14-23(21)22/h1-17,26H,18-19H2,(H,31,33)(H,32,34)/b30-17+. The second kappa shape index (κ2) is 12.3. The molecular formula is C28H24BrN3O2S. The lowest BCUT2D eigenvalue weighted by atomic mass is 10.1. The van der Waals surface area contributed by atoms with Crippen molar-refractivity contribution in [2.45, 2.75) is 11.8 Å². The monoisotopic (exact) mass is 545 g/mol. The van der Waals surface area contributed by atoms with E-state index in [1.807, 2.05) is 78.9 Å². The van der Waals surface area contributed by atoms with Crippen molar-refractivity contribution >= 4 is 56.5 Å². The molecule has 0 radical (unpaired) electrons. The highest BCUT2D eigenvalue weighted by atomic mass is 79.9. The Morgan fingerprint density at radius 3 is 2.43 bits per heavy atom. The Bertz CT molecular complexity index is 1340. The molecular weight excluding hydrogens is 522 g/mol. The first kappa shape index (κ1) is 24.7. The van der Waals surface area contributed by atoms with E-state index >= 15 is 0 Å². The topological polar surface area (TPSA) is 70.6 Å². The number of hydrazone groups is 1. The first-order chi connectivity index (χ1) is 17.1. The lowest BCUT2D eigenvalue weighted by molar-refractivity contribution is -0.122. The summed E-state index contributed by atoms with van der Waals surface area (Å²) in [7, 11) is 0. The zero-order valence-electron chi connectivity index (χ0n) is 18.9. The van der Waals surface area contributed by atoms with E-state index in [4.69, 9.17) is 0 Å². The number of carbonyl (C=O) groups excluding carboxylic acids is 2. The maximum Gasteiger partial charge on any atom is 0.263 e. The van der Waals surface area contributed by atoms with Gasteiger partial charge in [0.05, 0.1) is 11.8 Å². The number of hydrogen-bond acceptors (Lipinski definition) is 4. The molecule has 0 spiro atoms. The van der Waals surface area contributed by atoms with Gasteiger partial charge in [-0.05, 0) is 44.4 Å². The highest BCUT2D eigenvalue weighted by Crippen LogP contribution is 2.18. The number of hydrogen-bond donors (Lipinski definition) is 2. The van der Waals surface area contributed by atoms with Gasteiger partial charge in [-0.1, -0.05) is 84.9 Å². The van der Waals surface area contributed by atoms with Crippen molar-refractivity contribution in [1.82, 2.24) is 10.7 Å². The molecule has 4 rings (SSSR count). The zero-order valence-corrected chi connectivity index (χ0v) is 21.3. The van der Waals surface area contributed by atoms with E-state index in [-0.39, 0.29) is 11.8 Å². The van der Waals surface area contributed by atoms with Crippen LogP contribution in [0.4, 0.5) is 0 Å². The lowest BCUT2D eigenvalue weighted by Gasteiger charge is -2.17. The van der Waals surface area contributed by atoms with Gasteiger partial charge in [-0.2, -0.15) is 16.9 Å². The number of nitrogens with zero attached hydrogens (tertiary/aromatic N) is 1. The Morgan fingerprint density at radius 1 is 0.886 bits per heavy atom. The van der Waals surface area contributed by atoms with Crippen molar-refractivity contribution in [3.05, 3.63) is 118 Å². The number of rotatable bonds is 9. The SMILES string of the molecule is O=C(NC(CSCc1ccccc1)C(=O)N/N=C/c1cccc2ccccc12)c1ccccc1Br. The summed E-state index contributed by atoms with van der Waals surface area (Å²) in [5.74, 6) is 0.439. The molecule has 5 nitrogen and oxygen atoms in total. The summed E-state index contributed by atoms with van der Waals surface area (Å²) in [6, 6.07) is 30.3. The Labute approximate surface area is 217 Å². The van der Waals surface area contributed by atoms with Gasteiger partial charge >= 0.3 is 0 Å². The van der Waals surface area contributed by atoms with Crippen molar-refractivity contribution in [3.8, 4) is 0 Å². The van der Waals surface area contributed by atoms with Gasteiger partial charge in [0, 0.05) is 21.5 Å². The van der Waals surface area contributed by atoms with Gasteiger partial charge in [0.2, 0.25) is 0 Å². The third-order valence-electron chi connectivity index (χ3n) is 5.34. The van der Waals surface area contributed by atoms with Crippen molar-refractivity contribution < 1.29 is 9.59 Å². The summed E-state index contributed by atoms with van der Waals surface area (Å²) in [4.78, 5) is 25.9. The van der Waals surface area contributed by atoms with Crippen LogP contribution in [0.15, 0.2) is 107 Å². The van der Waals surface area contributed by atoms with Gasteiger partial charge in [0.1, 0.15) is 6.04 Å². The molecule has 0 aliphatic rings. The van der Waals surface area contributed by atoms with Crippen molar-refractivity contribution in [2.75, 3.05) is 5.75 Å². The van der Waals surface area contributed by atoms with Gasteiger partial charge < -0.3 is 5.32 Å². The minimum Gasteiger partial charge on any atom is -0.339 e. The van der Waals surface area contributed by atoms with Gasteiger partial charge in [-0.15, -0.1) is 0 Å².